The monoisotopic (exact) mass is 544 g/mol. The van der Waals surface area contributed by atoms with Gasteiger partial charge in [0.25, 0.3) is 5.91 Å². The third-order valence-electron chi connectivity index (χ3n) is 8.21. The second-order valence-corrected chi connectivity index (χ2v) is 11.3. The highest BCUT2D eigenvalue weighted by molar-refractivity contribution is 5.99. The summed E-state index contributed by atoms with van der Waals surface area (Å²) in [5.74, 6) is -1.02. The van der Waals surface area contributed by atoms with Gasteiger partial charge in [-0.05, 0) is 70.9 Å². The Hall–Kier alpha value is -2.97. The molecule has 1 atom stereocenters. The number of hydrogen-bond acceptors (Lipinski definition) is 5. The average molecular weight is 545 g/mol. The van der Waals surface area contributed by atoms with Gasteiger partial charge in [-0.1, -0.05) is 25.8 Å². The molecule has 2 fully saturated rings. The highest BCUT2D eigenvalue weighted by Gasteiger charge is 2.41. The number of carbonyl (C=O) groups excluding carboxylic acids is 3. The molecule has 1 aromatic rings. The second kappa shape index (κ2) is 13.9. The highest BCUT2D eigenvalue weighted by atomic mass is 19.1. The number of nitrogens with zero attached hydrogens (tertiary/aromatic N) is 2. The van der Waals surface area contributed by atoms with Crippen molar-refractivity contribution < 1.29 is 23.5 Å². The van der Waals surface area contributed by atoms with Crippen LogP contribution in [0.4, 0.5) is 4.39 Å². The van der Waals surface area contributed by atoms with Crippen LogP contribution in [0.2, 0.25) is 0 Å². The van der Waals surface area contributed by atoms with Gasteiger partial charge in [0.05, 0.1) is 17.6 Å². The summed E-state index contributed by atoms with van der Waals surface area (Å²) < 4.78 is 20.2. The standard InChI is InChI=1S/C30H45FN4O4/c1-5-25(30(3,4)29(38)35-17-13-21(14-18-35)19-26(36)39-6-2)33-28(37)23-12-11-22(20-24(23)31)27(32)34-15-9-7-8-10-16-34/h11-12,20-21,25,32H,5-10,13-19H2,1-4H3,(H,33,37). The topological polar surface area (TPSA) is 103 Å². The first-order valence-electron chi connectivity index (χ1n) is 14.5. The number of rotatable bonds is 9. The van der Waals surface area contributed by atoms with E-state index in [1.807, 2.05) is 25.7 Å². The van der Waals surface area contributed by atoms with E-state index in [0.717, 1.165) is 51.6 Å². The lowest BCUT2D eigenvalue weighted by Gasteiger charge is -2.40. The van der Waals surface area contributed by atoms with Crippen molar-refractivity contribution in [3.63, 3.8) is 0 Å². The molecule has 0 aromatic heterocycles. The number of carbonyl (C=O) groups is 3. The molecule has 0 saturated carbocycles. The van der Waals surface area contributed by atoms with Gasteiger partial charge >= 0.3 is 5.97 Å². The molecule has 0 bridgehead atoms. The average Bonchev–Trinajstić information content (AvgIpc) is 3.21. The fraction of sp³-hybridized carbons (Fsp3) is 0.667. The smallest absolute Gasteiger partial charge is 0.306 e. The van der Waals surface area contributed by atoms with E-state index in [4.69, 9.17) is 10.1 Å². The zero-order chi connectivity index (χ0) is 28.6. The van der Waals surface area contributed by atoms with Gasteiger partial charge in [0, 0.05) is 44.2 Å². The van der Waals surface area contributed by atoms with Crippen molar-refractivity contribution >= 4 is 23.6 Å². The molecule has 0 aliphatic carbocycles. The van der Waals surface area contributed by atoms with E-state index in [0.29, 0.717) is 38.1 Å². The number of likely N-dealkylation sites (tertiary alicyclic amines) is 2. The number of piperidine rings is 1. The lowest BCUT2D eigenvalue weighted by molar-refractivity contribution is -0.145. The molecule has 2 amide bonds. The Kier molecular flexibility index (Phi) is 10.9. The van der Waals surface area contributed by atoms with Crippen LogP contribution in [0.3, 0.4) is 0 Å². The molecule has 1 aromatic carbocycles. The van der Waals surface area contributed by atoms with Crippen LogP contribution in [-0.2, 0) is 14.3 Å². The first-order chi connectivity index (χ1) is 18.6. The van der Waals surface area contributed by atoms with Crippen molar-refractivity contribution in [1.29, 1.82) is 5.41 Å². The zero-order valence-electron chi connectivity index (χ0n) is 24.0. The highest BCUT2D eigenvalue weighted by Crippen LogP contribution is 2.30. The van der Waals surface area contributed by atoms with E-state index in [2.05, 4.69) is 5.32 Å². The zero-order valence-corrected chi connectivity index (χ0v) is 24.0. The van der Waals surface area contributed by atoms with Crippen molar-refractivity contribution in [1.82, 2.24) is 15.1 Å². The fourth-order valence-electron chi connectivity index (χ4n) is 5.70. The molecule has 2 aliphatic rings. The Bertz CT molecular complexity index is 1030. The molecule has 39 heavy (non-hydrogen) atoms. The minimum Gasteiger partial charge on any atom is -0.466 e. The number of amides is 2. The molecule has 1 unspecified atom stereocenters. The van der Waals surface area contributed by atoms with Crippen molar-refractivity contribution in [3.05, 3.63) is 35.1 Å². The first kappa shape index (κ1) is 30.6. The van der Waals surface area contributed by atoms with Crippen LogP contribution >= 0.6 is 0 Å². The summed E-state index contributed by atoms with van der Waals surface area (Å²) in [6.45, 7) is 10.4. The first-order valence-corrected chi connectivity index (χ1v) is 14.5. The van der Waals surface area contributed by atoms with Gasteiger partial charge in [0.15, 0.2) is 0 Å². The van der Waals surface area contributed by atoms with Crippen molar-refractivity contribution in [2.75, 3.05) is 32.8 Å². The van der Waals surface area contributed by atoms with Gasteiger partial charge < -0.3 is 19.9 Å². The predicted molar refractivity (Wildman–Crippen MR) is 149 cm³/mol. The Balaban J connectivity index is 1.62. The van der Waals surface area contributed by atoms with Crippen LogP contribution in [0.25, 0.3) is 0 Å². The fourth-order valence-corrected chi connectivity index (χ4v) is 5.70. The molecular formula is C30H45FN4O4. The number of halogens is 1. The Labute approximate surface area is 232 Å². The van der Waals surface area contributed by atoms with E-state index >= 15 is 4.39 Å². The van der Waals surface area contributed by atoms with E-state index < -0.39 is 23.2 Å². The SMILES string of the molecule is CCOC(=O)CC1CCN(C(=O)C(C)(C)C(CC)NC(=O)c2ccc(C(=N)N3CCCCCC3)cc2F)CC1. The maximum Gasteiger partial charge on any atom is 0.306 e. The van der Waals surface area contributed by atoms with Crippen LogP contribution in [0.1, 0.15) is 95.0 Å². The number of ether oxygens (including phenoxy) is 1. The number of esters is 1. The molecule has 2 N–H and O–H groups in total. The summed E-state index contributed by atoms with van der Waals surface area (Å²) in [5.41, 5.74) is -0.535. The van der Waals surface area contributed by atoms with E-state index in [-0.39, 0.29) is 29.2 Å². The van der Waals surface area contributed by atoms with E-state index in [1.54, 1.807) is 17.9 Å². The normalized spacial score (nSPS) is 17.8. The maximum atomic E-state index is 15.1. The minimum atomic E-state index is -0.899. The number of hydrogen-bond donors (Lipinski definition) is 2. The second-order valence-electron chi connectivity index (χ2n) is 11.3. The molecular weight excluding hydrogens is 499 g/mol. The van der Waals surface area contributed by atoms with Gasteiger partial charge in [0.1, 0.15) is 11.7 Å². The third kappa shape index (κ3) is 7.79. The summed E-state index contributed by atoms with van der Waals surface area (Å²) in [7, 11) is 0. The quantitative estimate of drug-likeness (QED) is 0.265. The third-order valence-corrected chi connectivity index (χ3v) is 8.21. The van der Waals surface area contributed by atoms with Crippen LogP contribution in [-0.4, -0.2) is 72.2 Å². The summed E-state index contributed by atoms with van der Waals surface area (Å²) in [6, 6.07) is 3.83. The Morgan fingerprint density at radius 3 is 2.26 bits per heavy atom. The predicted octanol–water partition coefficient (Wildman–Crippen LogP) is 4.75. The summed E-state index contributed by atoms with van der Waals surface area (Å²) in [5, 5.41) is 11.4. The van der Waals surface area contributed by atoms with Gasteiger partial charge in [0.2, 0.25) is 5.91 Å². The molecule has 0 radical (unpaired) electrons. The number of amidine groups is 1. The number of benzene rings is 1. The van der Waals surface area contributed by atoms with Gasteiger partial charge in [-0.25, -0.2) is 4.39 Å². The van der Waals surface area contributed by atoms with E-state index in [9.17, 15) is 14.4 Å². The van der Waals surface area contributed by atoms with Gasteiger partial charge in [-0.15, -0.1) is 0 Å². The van der Waals surface area contributed by atoms with Crippen molar-refractivity contribution in [3.8, 4) is 0 Å². The summed E-state index contributed by atoms with van der Waals surface area (Å²) in [6.07, 6.45) is 6.65. The molecule has 0 spiro atoms. The Morgan fingerprint density at radius 1 is 1.05 bits per heavy atom. The Morgan fingerprint density at radius 2 is 1.69 bits per heavy atom. The van der Waals surface area contributed by atoms with Crippen LogP contribution in [0.15, 0.2) is 18.2 Å². The van der Waals surface area contributed by atoms with Crippen molar-refractivity contribution in [2.24, 2.45) is 11.3 Å². The van der Waals surface area contributed by atoms with Gasteiger partial charge in [-0.2, -0.15) is 0 Å². The summed E-state index contributed by atoms with van der Waals surface area (Å²) >= 11 is 0. The molecule has 216 valence electrons. The largest absolute Gasteiger partial charge is 0.466 e. The lowest BCUT2D eigenvalue weighted by atomic mass is 9.80. The molecule has 9 heteroatoms. The molecule has 8 nitrogen and oxygen atoms in total. The van der Waals surface area contributed by atoms with Crippen LogP contribution < -0.4 is 5.32 Å². The molecule has 2 heterocycles. The molecule has 2 saturated heterocycles. The van der Waals surface area contributed by atoms with Gasteiger partial charge in [-0.3, -0.25) is 19.8 Å². The minimum absolute atomic E-state index is 0.0639. The lowest BCUT2D eigenvalue weighted by Crippen LogP contribution is -2.54. The summed E-state index contributed by atoms with van der Waals surface area (Å²) in [4.78, 5) is 42.2. The van der Waals surface area contributed by atoms with Crippen LogP contribution in [0, 0.1) is 22.6 Å². The van der Waals surface area contributed by atoms with Crippen molar-refractivity contribution in [2.45, 2.75) is 85.1 Å². The van der Waals surface area contributed by atoms with E-state index in [1.165, 1.54) is 12.1 Å². The maximum absolute atomic E-state index is 15.1. The number of nitrogens with one attached hydrogen (secondary N) is 2. The molecule has 2 aliphatic heterocycles. The van der Waals surface area contributed by atoms with Crippen LogP contribution in [0.5, 0.6) is 0 Å². The molecule has 3 rings (SSSR count).